The van der Waals surface area contributed by atoms with Gasteiger partial charge in [0, 0.05) is 0 Å². The van der Waals surface area contributed by atoms with E-state index >= 15 is 0 Å². The van der Waals surface area contributed by atoms with E-state index in [2.05, 4.69) is 180 Å². The van der Waals surface area contributed by atoms with Crippen LogP contribution in [-0.4, -0.2) is 0 Å². The van der Waals surface area contributed by atoms with Crippen molar-refractivity contribution in [2.75, 3.05) is 0 Å². The van der Waals surface area contributed by atoms with Crippen molar-refractivity contribution in [1.82, 2.24) is 0 Å². The van der Waals surface area contributed by atoms with Gasteiger partial charge < -0.3 is 74.4 Å². The minimum absolute atomic E-state index is 0. The SMILES string of the molecule is C1=C[CH]([Zr+2][CH]2C=Cc3ccccc32)c2ccccc21.CC1=C(C)C(C)(C)[C]([Zr+2][C]2=C(C)C(C)=C(C)C2(C)C)=C1C.CC1=[C]([Zr+2][C]2=C(C)C=CC2)CC=C1.[Cl-].[Cl-].[Cl-].[Cl-].[Cl-].[Cl-]. The second-order valence-corrected chi connectivity index (χ2v) is 27.2. The van der Waals surface area contributed by atoms with Crippen molar-refractivity contribution < 1.29 is 144 Å². The summed E-state index contributed by atoms with van der Waals surface area (Å²) in [6, 6.07) is 17.7. The Labute approximate surface area is 429 Å². The second kappa shape index (κ2) is 25.1. The molecule has 2 aromatic carbocycles. The van der Waals surface area contributed by atoms with E-state index in [4.69, 9.17) is 0 Å². The molecule has 59 heavy (non-hydrogen) atoms. The van der Waals surface area contributed by atoms with Gasteiger partial charge >= 0.3 is 361 Å². The van der Waals surface area contributed by atoms with Gasteiger partial charge in [0.15, 0.2) is 0 Å². The van der Waals surface area contributed by atoms with Crippen LogP contribution in [0.25, 0.3) is 12.2 Å². The molecular formula is C50H58Cl6Zr3. The molecular weight excluding hydrogens is 1090 g/mol. The quantitative estimate of drug-likeness (QED) is 0.283. The standard InChI is InChI=1S/2C10H15.2C9H7.2C6H7.6ClH.3Zr/c2*1-7-6-10(4,5)9(3)8(7)2;2*1-2-5-9-7-3-6-8(9)4-1;2*1-6-4-2-3-5-6;;;;;;;;;/h2*1-5H3;2*1-7H;2*2,4H,3H2,1H3;6*1H;;;/q;;;;;;;;;;;;3*+2/p-6. The number of hydrogen-bond donors (Lipinski definition) is 0. The van der Waals surface area contributed by atoms with E-state index in [1.165, 1.54) is 24.0 Å². The van der Waals surface area contributed by atoms with Crippen LogP contribution in [0.4, 0.5) is 0 Å². The van der Waals surface area contributed by atoms with Crippen molar-refractivity contribution in [3.05, 3.63) is 165 Å². The van der Waals surface area contributed by atoms with E-state index in [0.29, 0.717) is 0 Å². The molecule has 0 N–H and O–H groups in total. The van der Waals surface area contributed by atoms with Gasteiger partial charge in [-0.15, -0.1) is 0 Å². The molecule has 0 aliphatic heterocycles. The third kappa shape index (κ3) is 12.7. The molecule has 2 atom stereocenters. The third-order valence-corrected chi connectivity index (χ3v) is 27.8. The van der Waals surface area contributed by atoms with Crippen LogP contribution in [0.15, 0.2) is 143 Å². The minimum Gasteiger partial charge on any atom is -1.00 e. The smallest absolute Gasteiger partial charge is 1.00 e. The average Bonchev–Trinajstić information content (AvgIpc) is 3.98. The average molecular weight is 1150 g/mol. The van der Waals surface area contributed by atoms with Gasteiger partial charge in [0.05, 0.1) is 0 Å². The van der Waals surface area contributed by atoms with E-state index in [1.54, 1.807) is 68.8 Å². The first kappa shape index (κ1) is 59.2. The van der Waals surface area contributed by atoms with Crippen LogP contribution >= 0.6 is 0 Å². The summed E-state index contributed by atoms with van der Waals surface area (Å²) >= 11 is -1.66. The molecule has 0 radical (unpaired) electrons. The molecule has 0 saturated heterocycles. The Kier molecular flexibility index (Phi) is 25.2. The number of hydrogen-bond acceptors (Lipinski definition) is 0. The van der Waals surface area contributed by atoms with Crippen molar-refractivity contribution in [1.29, 1.82) is 0 Å². The van der Waals surface area contributed by atoms with Crippen LogP contribution in [0.5, 0.6) is 0 Å². The zero-order chi connectivity index (χ0) is 38.2. The van der Waals surface area contributed by atoms with Crippen LogP contribution in [0.1, 0.15) is 125 Å². The number of allylic oxidation sites excluding steroid dienone is 18. The fourth-order valence-corrected chi connectivity index (χ4v) is 20.9. The Morgan fingerprint density at radius 2 is 0.814 bits per heavy atom. The molecule has 2 unspecified atom stereocenters. The summed E-state index contributed by atoms with van der Waals surface area (Å²) in [6.07, 6.45) is 21.2. The first-order valence-electron chi connectivity index (χ1n) is 19.5. The van der Waals surface area contributed by atoms with Gasteiger partial charge in [-0.1, -0.05) is 0 Å². The molecule has 312 valence electrons. The van der Waals surface area contributed by atoms with Gasteiger partial charge in [0.2, 0.25) is 0 Å². The Hall–Kier alpha value is 0.229. The molecule has 8 rings (SSSR count). The van der Waals surface area contributed by atoms with Gasteiger partial charge in [-0.2, -0.15) is 0 Å². The van der Waals surface area contributed by atoms with E-state index in [0.717, 1.165) is 7.25 Å². The maximum absolute atomic E-state index is 2.44. The zero-order valence-electron chi connectivity index (χ0n) is 36.6. The van der Waals surface area contributed by atoms with E-state index < -0.39 is 46.5 Å². The van der Waals surface area contributed by atoms with Gasteiger partial charge in [0.1, 0.15) is 0 Å². The normalized spacial score (nSPS) is 20.3. The van der Waals surface area contributed by atoms with Gasteiger partial charge in [-0.05, 0) is 0 Å². The predicted molar refractivity (Wildman–Crippen MR) is 219 cm³/mol. The van der Waals surface area contributed by atoms with Crippen LogP contribution in [0.2, 0.25) is 0 Å². The van der Waals surface area contributed by atoms with Crippen LogP contribution in [0, 0.1) is 10.8 Å². The Bertz CT molecular complexity index is 2000. The van der Waals surface area contributed by atoms with Gasteiger partial charge in [0.25, 0.3) is 0 Å². The molecule has 0 aromatic heterocycles. The molecule has 6 aliphatic rings. The van der Waals surface area contributed by atoms with Crippen molar-refractivity contribution in [3.63, 3.8) is 0 Å². The van der Waals surface area contributed by atoms with Crippen molar-refractivity contribution >= 4 is 12.2 Å². The maximum atomic E-state index is 2.44. The number of rotatable bonds is 6. The summed E-state index contributed by atoms with van der Waals surface area (Å²) in [6.45, 7) is 28.3. The summed E-state index contributed by atoms with van der Waals surface area (Å²) in [4.78, 5) is 0. The number of fused-ring (bicyclic) bond motifs is 2. The molecule has 0 heterocycles. The van der Waals surface area contributed by atoms with E-state index in [-0.39, 0.29) is 109 Å². The first-order valence-corrected chi connectivity index (χ1v) is 27.2. The molecule has 2 aromatic rings. The predicted octanol–water partition coefficient (Wildman–Crippen LogP) is -3.46. The van der Waals surface area contributed by atoms with E-state index in [1.807, 2.05) is 0 Å². The molecule has 0 amide bonds. The van der Waals surface area contributed by atoms with Crippen LogP contribution in [0.3, 0.4) is 0 Å². The maximum Gasteiger partial charge on any atom is -1.00 e. The summed E-state index contributed by atoms with van der Waals surface area (Å²) in [5.74, 6) is 0. The topological polar surface area (TPSA) is 0 Å². The zero-order valence-corrected chi connectivity index (χ0v) is 48.5. The monoisotopic (exact) mass is 1140 g/mol. The fraction of sp³-hybridized carbons (Fsp3) is 0.360. The van der Waals surface area contributed by atoms with Crippen LogP contribution in [-0.2, 0) is 69.7 Å². The number of benzene rings is 2. The molecule has 9 heteroatoms. The number of halogens is 6. The fourth-order valence-electron chi connectivity index (χ4n) is 8.51. The molecule has 6 aliphatic carbocycles. The molecule has 0 saturated carbocycles. The summed E-state index contributed by atoms with van der Waals surface area (Å²) in [5.41, 5.74) is 19.1. The summed E-state index contributed by atoms with van der Waals surface area (Å²) in [5, 5.41) is 0. The second-order valence-electron chi connectivity index (χ2n) is 16.6. The largest absolute Gasteiger partial charge is 1.00 e. The minimum atomic E-state index is -0.730. The van der Waals surface area contributed by atoms with Crippen molar-refractivity contribution in [3.8, 4) is 0 Å². The van der Waals surface area contributed by atoms with E-state index in [9.17, 15) is 0 Å². The Morgan fingerprint density at radius 3 is 1.12 bits per heavy atom. The Balaban J connectivity index is 0.000000831. The van der Waals surface area contributed by atoms with Crippen molar-refractivity contribution in [2.45, 2.75) is 103 Å². The van der Waals surface area contributed by atoms with Gasteiger partial charge in [-0.25, -0.2) is 0 Å². The molecule has 0 nitrogen and oxygen atoms in total. The molecule has 0 spiro atoms. The molecule has 0 fully saturated rings. The Morgan fingerprint density at radius 1 is 0.458 bits per heavy atom. The van der Waals surface area contributed by atoms with Crippen LogP contribution < -0.4 is 74.4 Å². The third-order valence-electron chi connectivity index (χ3n) is 13.0. The van der Waals surface area contributed by atoms with Gasteiger partial charge in [-0.3, -0.25) is 0 Å². The molecule has 0 bridgehead atoms. The first-order chi connectivity index (χ1) is 25.1. The van der Waals surface area contributed by atoms with Crippen molar-refractivity contribution in [2.24, 2.45) is 10.8 Å². The summed E-state index contributed by atoms with van der Waals surface area (Å²) in [7, 11) is 0. The summed E-state index contributed by atoms with van der Waals surface area (Å²) < 4.78 is 8.63.